The van der Waals surface area contributed by atoms with Crippen molar-refractivity contribution in [1.82, 2.24) is 0 Å². The molecule has 0 spiro atoms. The number of hydrogen-bond acceptors (Lipinski definition) is 4. The van der Waals surface area contributed by atoms with Gasteiger partial charge in [-0.15, -0.1) is 0 Å². The molecule has 1 heterocycles. The van der Waals surface area contributed by atoms with Gasteiger partial charge in [-0.2, -0.15) is 0 Å². The predicted octanol–water partition coefficient (Wildman–Crippen LogP) is 6.47. The number of rotatable bonds is 8. The van der Waals surface area contributed by atoms with Crippen molar-refractivity contribution in [2.24, 2.45) is 5.92 Å². The van der Waals surface area contributed by atoms with E-state index in [0.717, 1.165) is 17.6 Å². The topological polar surface area (TPSA) is 93.7 Å². The monoisotopic (exact) mass is 517 g/mol. The van der Waals surface area contributed by atoms with Crippen LogP contribution in [-0.4, -0.2) is 27.5 Å². The maximum Gasteiger partial charge on any atom is 0.246 e. The van der Waals surface area contributed by atoms with Crippen molar-refractivity contribution in [3.8, 4) is 0 Å². The summed E-state index contributed by atoms with van der Waals surface area (Å²) in [4.78, 5) is 13.2. The van der Waals surface area contributed by atoms with Crippen LogP contribution in [0, 0.1) is 5.92 Å². The van der Waals surface area contributed by atoms with Gasteiger partial charge >= 0.3 is 0 Å². The minimum atomic E-state index is -1.38. The maximum atomic E-state index is 14.9. The molecule has 4 rings (SSSR count). The molecule has 1 saturated carbocycles. The second-order valence-electron chi connectivity index (χ2n) is 9.23. The Bertz CT molecular complexity index is 1250. The van der Waals surface area contributed by atoms with Crippen molar-refractivity contribution in [3.63, 3.8) is 0 Å². The van der Waals surface area contributed by atoms with E-state index < -0.39 is 17.9 Å². The van der Waals surface area contributed by atoms with Crippen LogP contribution in [0.3, 0.4) is 0 Å². The van der Waals surface area contributed by atoms with Crippen molar-refractivity contribution < 1.29 is 33.7 Å². The van der Waals surface area contributed by atoms with E-state index in [1.807, 2.05) is 0 Å². The smallest absolute Gasteiger partial charge is 0.246 e. The number of carbonyl (C=O) groups is 1. The van der Waals surface area contributed by atoms with Gasteiger partial charge in [-0.1, -0.05) is 24.4 Å². The largest absolute Gasteiger partial charge is 0.512 e. The number of alkyl halides is 1. The third-order valence-electron chi connectivity index (χ3n) is 6.63. The molecule has 9 heteroatoms. The van der Waals surface area contributed by atoms with Gasteiger partial charge in [-0.05, 0) is 68.0 Å². The fourth-order valence-electron chi connectivity index (χ4n) is 4.47. The summed E-state index contributed by atoms with van der Waals surface area (Å²) >= 11 is 6.02. The first-order valence-electron chi connectivity index (χ1n) is 11.8. The number of benzene rings is 1. The highest BCUT2D eigenvalue weighted by Crippen LogP contribution is 2.42. The quantitative estimate of drug-likeness (QED) is 0.183. The summed E-state index contributed by atoms with van der Waals surface area (Å²) in [6.07, 6.45) is 3.50. The van der Waals surface area contributed by atoms with Gasteiger partial charge in [0.25, 0.3) is 0 Å². The zero-order valence-corrected chi connectivity index (χ0v) is 20.5. The van der Waals surface area contributed by atoms with E-state index in [4.69, 9.17) is 16.7 Å². The van der Waals surface area contributed by atoms with Gasteiger partial charge in [0.1, 0.15) is 24.2 Å². The number of nitrogens with zero attached hydrogens (tertiary/aromatic N) is 1. The van der Waals surface area contributed by atoms with Crippen LogP contribution in [0.15, 0.2) is 65.3 Å². The minimum absolute atomic E-state index is 0.0165. The molecule has 0 saturated heterocycles. The molecule has 6 nitrogen and oxygen atoms in total. The molecule has 2 aromatic rings. The van der Waals surface area contributed by atoms with E-state index >= 15 is 0 Å². The first-order chi connectivity index (χ1) is 17.2. The van der Waals surface area contributed by atoms with Crippen molar-refractivity contribution in [1.29, 1.82) is 0 Å². The molecule has 36 heavy (non-hydrogen) atoms. The molecule has 2 atom stereocenters. The second kappa shape index (κ2) is 10.7. The number of anilines is 1. The molecule has 2 aliphatic rings. The molecule has 1 aromatic carbocycles. The van der Waals surface area contributed by atoms with Crippen molar-refractivity contribution >= 4 is 34.5 Å². The van der Waals surface area contributed by atoms with Crippen molar-refractivity contribution in [2.75, 3.05) is 5.32 Å². The van der Waals surface area contributed by atoms with Gasteiger partial charge in [0.15, 0.2) is 5.76 Å². The molecule has 2 aliphatic carbocycles. The molecule has 2 unspecified atom stereocenters. The van der Waals surface area contributed by atoms with E-state index in [2.05, 4.69) is 5.32 Å². The standard InChI is InChI=1S/C27H27ClF2N2O4/c1-15(29)20-9-10-22(28)26(30)25(20)18-6-11-23(32(36)13-18)21(12-16-2-3-16)27(35)31-19-7-4-17(5-8-19)24(34)14-33/h4-8,11,13-16,21H,2-3,9-10,12H2,1H3,(H3-,31,33,34,35,36)/p+1/b24-14-. The average Bonchev–Trinajstić information content (AvgIpc) is 3.68. The first kappa shape index (κ1) is 25.7. The minimum Gasteiger partial charge on any atom is -0.512 e. The summed E-state index contributed by atoms with van der Waals surface area (Å²) in [6.45, 7) is 1.34. The summed E-state index contributed by atoms with van der Waals surface area (Å²) in [7, 11) is 0. The van der Waals surface area contributed by atoms with Gasteiger partial charge in [-0.3, -0.25) is 10.0 Å². The number of pyridine rings is 1. The second-order valence-corrected chi connectivity index (χ2v) is 9.69. The molecule has 0 aliphatic heterocycles. The Morgan fingerprint density at radius 2 is 1.92 bits per heavy atom. The third kappa shape index (κ3) is 5.54. The molecule has 1 amide bonds. The number of aliphatic hydroxyl groups is 2. The summed E-state index contributed by atoms with van der Waals surface area (Å²) in [5.41, 5.74) is 1.78. The number of amides is 1. The Morgan fingerprint density at radius 3 is 2.50 bits per heavy atom. The number of halogens is 3. The molecule has 190 valence electrons. The Kier molecular flexibility index (Phi) is 7.64. The van der Waals surface area contributed by atoms with Gasteiger partial charge in [-0.25, -0.2) is 8.78 Å². The van der Waals surface area contributed by atoms with Crippen molar-refractivity contribution in [3.05, 3.63) is 82.1 Å². The molecular weight excluding hydrogens is 490 g/mol. The number of aliphatic hydroxyl groups excluding tert-OH is 2. The summed E-state index contributed by atoms with van der Waals surface area (Å²) in [5.74, 6) is -1.67. The molecule has 0 radical (unpaired) electrons. The van der Waals surface area contributed by atoms with Crippen LogP contribution >= 0.6 is 11.6 Å². The Morgan fingerprint density at radius 1 is 1.22 bits per heavy atom. The van der Waals surface area contributed by atoms with E-state index in [-0.39, 0.29) is 46.2 Å². The third-order valence-corrected chi connectivity index (χ3v) is 6.99. The SMILES string of the molecule is CC(F)C1=C(c2ccc(C(CC3CC3)C(=O)Nc3ccc(/C(O)=C/O)cc3)[n+](O)c2)C(F)=C(Cl)CC1. The van der Waals surface area contributed by atoms with Gasteiger partial charge < -0.3 is 15.5 Å². The maximum absolute atomic E-state index is 14.9. The lowest BCUT2D eigenvalue weighted by Gasteiger charge is -2.20. The number of nitrogens with one attached hydrogen (secondary N) is 1. The molecule has 0 bridgehead atoms. The summed E-state index contributed by atoms with van der Waals surface area (Å²) in [6, 6.07) is 9.39. The average molecular weight is 518 g/mol. The fraction of sp³-hybridized carbons (Fsp3) is 0.333. The predicted molar refractivity (Wildman–Crippen MR) is 133 cm³/mol. The Balaban J connectivity index is 1.63. The molecule has 4 N–H and O–H groups in total. The van der Waals surface area contributed by atoms with E-state index in [9.17, 15) is 23.9 Å². The molecular formula is C27H28ClF2N2O4+. The van der Waals surface area contributed by atoms with Crippen molar-refractivity contribution in [2.45, 2.75) is 51.1 Å². The zero-order valence-electron chi connectivity index (χ0n) is 19.7. The summed E-state index contributed by atoms with van der Waals surface area (Å²) < 4.78 is 30.0. The molecule has 1 fully saturated rings. The van der Waals surface area contributed by atoms with E-state index in [1.165, 1.54) is 13.1 Å². The summed E-state index contributed by atoms with van der Waals surface area (Å²) in [5, 5.41) is 32.2. The lowest BCUT2D eigenvalue weighted by atomic mass is 9.89. The molecule has 1 aromatic heterocycles. The van der Waals surface area contributed by atoms with Crippen LogP contribution in [0.1, 0.15) is 61.8 Å². The number of allylic oxidation sites excluding steroid dienone is 4. The number of hydrogen-bond donors (Lipinski definition) is 4. The fourth-order valence-corrected chi connectivity index (χ4v) is 4.66. The zero-order chi connectivity index (χ0) is 26.0. The Labute approximate surface area is 212 Å². The van der Waals surface area contributed by atoms with Gasteiger partial charge in [0, 0.05) is 27.6 Å². The normalized spacial score (nSPS) is 18.3. The number of aromatic nitrogens is 1. The van der Waals surface area contributed by atoms with Crippen LogP contribution in [0.4, 0.5) is 14.5 Å². The van der Waals surface area contributed by atoms with Gasteiger partial charge in [0.05, 0.1) is 10.6 Å². The highest BCUT2D eigenvalue weighted by atomic mass is 35.5. The van der Waals surface area contributed by atoms with Crippen LogP contribution < -0.4 is 10.0 Å². The van der Waals surface area contributed by atoms with Crippen LogP contribution in [0.25, 0.3) is 11.3 Å². The van der Waals surface area contributed by atoms with Crippen LogP contribution in [0.2, 0.25) is 0 Å². The highest BCUT2D eigenvalue weighted by molar-refractivity contribution is 6.31. The van der Waals surface area contributed by atoms with E-state index in [1.54, 1.807) is 36.4 Å². The van der Waals surface area contributed by atoms with E-state index in [0.29, 0.717) is 35.5 Å². The Hall–Kier alpha value is -3.39. The number of carbonyl (C=O) groups excluding carboxylic acids is 1. The first-order valence-corrected chi connectivity index (χ1v) is 12.2. The highest BCUT2D eigenvalue weighted by Gasteiger charge is 2.37. The van der Waals surface area contributed by atoms with Gasteiger partial charge in [0.2, 0.25) is 17.8 Å². The van der Waals surface area contributed by atoms with Crippen LogP contribution in [0.5, 0.6) is 0 Å². The van der Waals surface area contributed by atoms with Crippen LogP contribution in [-0.2, 0) is 4.79 Å². The lowest BCUT2D eigenvalue weighted by molar-refractivity contribution is -0.910. The lowest BCUT2D eigenvalue weighted by Crippen LogP contribution is -2.40.